The highest BCUT2D eigenvalue weighted by atomic mass is 19.1. The Bertz CT molecular complexity index is 966. The van der Waals surface area contributed by atoms with Gasteiger partial charge in [0.15, 0.2) is 0 Å². The number of anilines is 3. The van der Waals surface area contributed by atoms with Crippen LogP contribution >= 0.6 is 0 Å². The minimum atomic E-state index is -0.661. The van der Waals surface area contributed by atoms with Crippen LogP contribution in [0.3, 0.4) is 0 Å². The van der Waals surface area contributed by atoms with Crippen molar-refractivity contribution in [3.05, 3.63) is 47.4 Å². The molecule has 7 nitrogen and oxygen atoms in total. The number of nitrogens with two attached hydrogens (primary N) is 1. The number of benzene rings is 1. The number of nitrogen functional groups attached to an aromatic ring is 1. The molecular weight excluding hydrogens is 399 g/mol. The summed E-state index contributed by atoms with van der Waals surface area (Å²) in [4.78, 5) is 31.4. The molecule has 1 aromatic heterocycles. The second kappa shape index (κ2) is 9.32. The Kier molecular flexibility index (Phi) is 6.77. The van der Waals surface area contributed by atoms with Crippen LogP contribution in [0.15, 0.2) is 30.3 Å². The molecule has 2 heterocycles. The fraction of sp³-hybridized carbons (Fsp3) is 0.435. The molecule has 166 valence electrons. The average molecular weight is 429 g/mol. The normalized spacial score (nSPS) is 14.3. The third-order valence-electron chi connectivity index (χ3n) is 4.90. The molecule has 0 bridgehead atoms. The van der Waals surface area contributed by atoms with Crippen molar-refractivity contribution in [2.45, 2.75) is 52.1 Å². The molecule has 1 saturated heterocycles. The van der Waals surface area contributed by atoms with E-state index in [9.17, 15) is 14.0 Å². The molecule has 0 aliphatic carbocycles. The van der Waals surface area contributed by atoms with Crippen molar-refractivity contribution in [3.8, 4) is 0 Å². The second-order valence-electron chi connectivity index (χ2n) is 8.67. The number of esters is 1. The minimum Gasteiger partial charge on any atom is -0.460 e. The molecule has 1 amide bonds. The van der Waals surface area contributed by atoms with Gasteiger partial charge in [0, 0.05) is 18.8 Å². The van der Waals surface area contributed by atoms with Crippen LogP contribution in [0, 0.1) is 5.82 Å². The summed E-state index contributed by atoms with van der Waals surface area (Å²) < 4.78 is 19.1. The van der Waals surface area contributed by atoms with Gasteiger partial charge in [0.25, 0.3) is 5.91 Å². The lowest BCUT2D eigenvalue weighted by atomic mass is 10.1. The molecular formula is C23H29FN4O3. The number of carbonyl (C=O) groups is 2. The molecule has 1 aromatic carbocycles. The van der Waals surface area contributed by atoms with E-state index in [4.69, 9.17) is 10.5 Å². The number of piperidine rings is 1. The van der Waals surface area contributed by atoms with Gasteiger partial charge < -0.3 is 20.7 Å². The standard InChI is InChI=1S/C23H29FN4O3/c1-23(2,3)31-20(29)14-15-13-16(24)7-8-17(15)27-22(30)18-9-10-19(21(25)26-18)28-11-5-4-6-12-28/h7-10,13H,4-6,11-12,14H2,1-3H3,(H2,25,26)(H,27,30). The van der Waals surface area contributed by atoms with E-state index < -0.39 is 23.3 Å². The summed E-state index contributed by atoms with van der Waals surface area (Å²) in [5, 5.41) is 2.70. The monoisotopic (exact) mass is 428 g/mol. The van der Waals surface area contributed by atoms with Crippen LogP contribution in [0.4, 0.5) is 21.6 Å². The fourth-order valence-corrected chi connectivity index (χ4v) is 3.55. The minimum absolute atomic E-state index is 0.144. The van der Waals surface area contributed by atoms with Gasteiger partial charge in [-0.2, -0.15) is 0 Å². The highest BCUT2D eigenvalue weighted by Crippen LogP contribution is 2.26. The number of rotatable bonds is 5. The Morgan fingerprint density at radius 1 is 1.16 bits per heavy atom. The second-order valence-corrected chi connectivity index (χ2v) is 8.67. The lowest BCUT2D eigenvalue weighted by Gasteiger charge is -2.29. The third-order valence-corrected chi connectivity index (χ3v) is 4.90. The summed E-state index contributed by atoms with van der Waals surface area (Å²) in [6.45, 7) is 7.09. The first-order chi connectivity index (χ1) is 14.6. The van der Waals surface area contributed by atoms with Gasteiger partial charge in [-0.3, -0.25) is 9.59 Å². The van der Waals surface area contributed by atoms with Crippen molar-refractivity contribution in [3.63, 3.8) is 0 Å². The summed E-state index contributed by atoms with van der Waals surface area (Å²) in [6.07, 6.45) is 3.24. The van der Waals surface area contributed by atoms with Gasteiger partial charge in [-0.15, -0.1) is 0 Å². The largest absolute Gasteiger partial charge is 0.460 e. The zero-order chi connectivity index (χ0) is 22.6. The van der Waals surface area contributed by atoms with E-state index in [2.05, 4.69) is 15.2 Å². The Balaban J connectivity index is 1.75. The molecule has 1 aliphatic heterocycles. The van der Waals surface area contributed by atoms with Gasteiger partial charge in [-0.1, -0.05) is 0 Å². The van der Waals surface area contributed by atoms with Crippen molar-refractivity contribution in [1.82, 2.24) is 4.98 Å². The van der Waals surface area contributed by atoms with Crippen LogP contribution in [0.25, 0.3) is 0 Å². The smallest absolute Gasteiger partial charge is 0.310 e. The number of pyridine rings is 1. The number of aromatic nitrogens is 1. The number of amides is 1. The highest BCUT2D eigenvalue weighted by molar-refractivity contribution is 6.04. The summed E-state index contributed by atoms with van der Waals surface area (Å²) in [5.41, 5.74) is 7.06. The predicted molar refractivity (Wildman–Crippen MR) is 119 cm³/mol. The molecule has 0 spiro atoms. The summed E-state index contributed by atoms with van der Waals surface area (Å²) in [7, 11) is 0. The third kappa shape index (κ3) is 6.16. The van der Waals surface area contributed by atoms with Crippen molar-refractivity contribution >= 4 is 29.1 Å². The van der Waals surface area contributed by atoms with Crippen LogP contribution in [0.2, 0.25) is 0 Å². The molecule has 1 fully saturated rings. The Morgan fingerprint density at radius 3 is 2.52 bits per heavy atom. The molecule has 0 saturated carbocycles. The lowest BCUT2D eigenvalue weighted by molar-refractivity contribution is -0.153. The number of ether oxygens (including phenoxy) is 1. The molecule has 0 radical (unpaired) electrons. The Hall–Kier alpha value is -3.16. The van der Waals surface area contributed by atoms with Gasteiger partial charge in [0.2, 0.25) is 0 Å². The van der Waals surface area contributed by atoms with Crippen LogP contribution < -0.4 is 16.0 Å². The first-order valence-electron chi connectivity index (χ1n) is 10.5. The molecule has 2 aromatic rings. The maximum atomic E-state index is 13.8. The Morgan fingerprint density at radius 2 is 1.87 bits per heavy atom. The Labute approximate surface area is 181 Å². The zero-order valence-electron chi connectivity index (χ0n) is 18.2. The summed E-state index contributed by atoms with van der Waals surface area (Å²) in [6, 6.07) is 7.26. The zero-order valence-corrected chi connectivity index (χ0v) is 18.2. The van der Waals surface area contributed by atoms with Gasteiger partial charge in [0.1, 0.15) is 22.9 Å². The molecule has 0 atom stereocenters. The van der Waals surface area contributed by atoms with E-state index >= 15 is 0 Å². The van der Waals surface area contributed by atoms with Crippen LogP contribution in [0.5, 0.6) is 0 Å². The van der Waals surface area contributed by atoms with E-state index in [-0.39, 0.29) is 12.1 Å². The van der Waals surface area contributed by atoms with Gasteiger partial charge in [0.05, 0.1) is 12.1 Å². The number of halogens is 1. The molecule has 3 rings (SSSR count). The van der Waals surface area contributed by atoms with Crippen molar-refractivity contribution in [2.24, 2.45) is 0 Å². The first-order valence-corrected chi connectivity index (χ1v) is 10.5. The van der Waals surface area contributed by atoms with Crippen LogP contribution in [-0.4, -0.2) is 35.6 Å². The maximum Gasteiger partial charge on any atom is 0.310 e. The predicted octanol–water partition coefficient (Wildman–Crippen LogP) is 3.93. The quantitative estimate of drug-likeness (QED) is 0.701. The van der Waals surface area contributed by atoms with Crippen LogP contribution in [0.1, 0.15) is 56.1 Å². The van der Waals surface area contributed by atoms with Crippen molar-refractivity contribution < 1.29 is 18.7 Å². The topological polar surface area (TPSA) is 97.5 Å². The molecule has 8 heteroatoms. The van der Waals surface area contributed by atoms with E-state index in [1.807, 2.05) is 0 Å². The van der Waals surface area contributed by atoms with Gasteiger partial charge in [-0.25, -0.2) is 9.37 Å². The SMILES string of the molecule is CC(C)(C)OC(=O)Cc1cc(F)ccc1NC(=O)c1ccc(N2CCCCC2)c(N)n1. The van der Waals surface area contributed by atoms with E-state index in [0.717, 1.165) is 31.6 Å². The fourth-order valence-electron chi connectivity index (χ4n) is 3.55. The number of carbonyl (C=O) groups excluding carboxylic acids is 2. The first kappa shape index (κ1) is 22.5. The van der Waals surface area contributed by atoms with Gasteiger partial charge in [-0.05, 0) is 75.9 Å². The van der Waals surface area contributed by atoms with E-state index in [0.29, 0.717) is 17.1 Å². The number of nitrogens with zero attached hydrogens (tertiary/aromatic N) is 2. The molecule has 1 aliphatic rings. The van der Waals surface area contributed by atoms with Crippen molar-refractivity contribution in [2.75, 3.05) is 29.0 Å². The average Bonchev–Trinajstić information content (AvgIpc) is 2.69. The number of nitrogens with one attached hydrogen (secondary N) is 1. The number of hydrogen-bond acceptors (Lipinski definition) is 6. The lowest BCUT2D eigenvalue weighted by Crippen LogP contribution is -2.30. The maximum absolute atomic E-state index is 13.8. The van der Waals surface area contributed by atoms with E-state index in [1.165, 1.54) is 24.6 Å². The van der Waals surface area contributed by atoms with Crippen molar-refractivity contribution in [1.29, 1.82) is 0 Å². The summed E-state index contributed by atoms with van der Waals surface area (Å²) >= 11 is 0. The molecule has 3 N–H and O–H groups in total. The molecule has 31 heavy (non-hydrogen) atoms. The van der Waals surface area contributed by atoms with E-state index in [1.54, 1.807) is 32.9 Å². The van der Waals surface area contributed by atoms with Gasteiger partial charge >= 0.3 is 5.97 Å². The summed E-state index contributed by atoms with van der Waals surface area (Å²) in [5.74, 6) is -1.22. The number of hydrogen-bond donors (Lipinski definition) is 2. The highest BCUT2D eigenvalue weighted by Gasteiger charge is 2.20. The van der Waals surface area contributed by atoms with Crippen LogP contribution in [-0.2, 0) is 16.0 Å². The molecule has 0 unspecified atom stereocenters.